The Hall–Kier alpha value is -0.620. The van der Waals surface area contributed by atoms with Crippen molar-refractivity contribution < 1.29 is 13.2 Å². The second kappa shape index (κ2) is 7.09. The van der Waals surface area contributed by atoms with Crippen LogP contribution in [0, 0.1) is 0 Å². The van der Waals surface area contributed by atoms with Gasteiger partial charge in [-0.05, 0) is 25.8 Å². The largest absolute Gasteiger partial charge is 0.339 e. The predicted octanol–water partition coefficient (Wildman–Crippen LogP) is 0.541. The van der Waals surface area contributed by atoms with E-state index in [1.807, 2.05) is 0 Å². The van der Waals surface area contributed by atoms with Crippen LogP contribution in [0.5, 0.6) is 0 Å². The number of rotatable bonds is 7. The van der Waals surface area contributed by atoms with Crippen LogP contribution in [0.15, 0.2) is 0 Å². The van der Waals surface area contributed by atoms with Crippen LogP contribution in [0.25, 0.3) is 0 Å². The van der Waals surface area contributed by atoms with E-state index in [0.717, 1.165) is 12.8 Å². The molecule has 1 fully saturated rings. The number of carbonyl (C=O) groups is 1. The summed E-state index contributed by atoms with van der Waals surface area (Å²) in [6, 6.07) is -0.119. The second-order valence-corrected chi connectivity index (χ2v) is 7.12. The first-order valence-electron chi connectivity index (χ1n) is 6.70. The second-order valence-electron chi connectivity index (χ2n) is 4.89. The zero-order chi connectivity index (χ0) is 13.6. The monoisotopic (exact) mass is 276 g/mol. The lowest BCUT2D eigenvalue weighted by molar-refractivity contribution is -0.133. The molecule has 2 N–H and O–H groups in total. The highest BCUT2D eigenvalue weighted by molar-refractivity contribution is 7.91. The standard InChI is InChI=1S/C12H24N2O3S/c1-2-3-8-14(12(15)5-4-7-13)11-6-9-18(16,17)10-11/h11H,2-10,13H2,1H3. The van der Waals surface area contributed by atoms with Gasteiger partial charge in [0.05, 0.1) is 11.5 Å². The molecule has 1 heterocycles. The number of carbonyl (C=O) groups excluding carboxylic acids is 1. The normalized spacial score (nSPS) is 22.0. The third-order valence-electron chi connectivity index (χ3n) is 3.32. The Kier molecular flexibility index (Phi) is 6.08. The molecular formula is C12H24N2O3S. The van der Waals surface area contributed by atoms with Crippen molar-refractivity contribution in [3.05, 3.63) is 0 Å². The van der Waals surface area contributed by atoms with Gasteiger partial charge in [-0.2, -0.15) is 0 Å². The number of nitrogens with zero attached hydrogens (tertiary/aromatic N) is 1. The summed E-state index contributed by atoms with van der Waals surface area (Å²) < 4.78 is 23.0. The summed E-state index contributed by atoms with van der Waals surface area (Å²) >= 11 is 0. The molecule has 0 radical (unpaired) electrons. The average Bonchev–Trinajstić information content (AvgIpc) is 2.67. The molecule has 0 aliphatic carbocycles. The van der Waals surface area contributed by atoms with Gasteiger partial charge in [-0.25, -0.2) is 8.42 Å². The lowest BCUT2D eigenvalue weighted by Gasteiger charge is -2.28. The zero-order valence-electron chi connectivity index (χ0n) is 11.1. The van der Waals surface area contributed by atoms with E-state index in [9.17, 15) is 13.2 Å². The molecule has 18 heavy (non-hydrogen) atoms. The first-order chi connectivity index (χ1) is 8.50. The van der Waals surface area contributed by atoms with Crippen LogP contribution >= 0.6 is 0 Å². The van der Waals surface area contributed by atoms with Gasteiger partial charge < -0.3 is 10.6 Å². The van der Waals surface area contributed by atoms with Crippen LogP contribution in [0.4, 0.5) is 0 Å². The van der Waals surface area contributed by atoms with Gasteiger partial charge in [0.1, 0.15) is 0 Å². The first kappa shape index (κ1) is 15.4. The lowest BCUT2D eigenvalue weighted by Crippen LogP contribution is -2.41. The summed E-state index contributed by atoms with van der Waals surface area (Å²) in [6.07, 6.45) is 3.60. The third kappa shape index (κ3) is 4.57. The van der Waals surface area contributed by atoms with Gasteiger partial charge in [-0.3, -0.25) is 4.79 Å². The van der Waals surface area contributed by atoms with Crippen molar-refractivity contribution in [3.8, 4) is 0 Å². The van der Waals surface area contributed by atoms with E-state index in [0.29, 0.717) is 32.4 Å². The quantitative estimate of drug-likeness (QED) is 0.736. The van der Waals surface area contributed by atoms with E-state index in [1.165, 1.54) is 0 Å². The molecular weight excluding hydrogens is 252 g/mol. The van der Waals surface area contributed by atoms with Crippen molar-refractivity contribution in [1.29, 1.82) is 0 Å². The van der Waals surface area contributed by atoms with Crippen LogP contribution in [-0.2, 0) is 14.6 Å². The minimum Gasteiger partial charge on any atom is -0.339 e. The highest BCUT2D eigenvalue weighted by Crippen LogP contribution is 2.19. The summed E-state index contributed by atoms with van der Waals surface area (Å²) in [6.45, 7) is 3.23. The van der Waals surface area contributed by atoms with E-state index >= 15 is 0 Å². The molecule has 1 aliphatic rings. The van der Waals surface area contributed by atoms with E-state index in [-0.39, 0.29) is 23.5 Å². The Morgan fingerprint density at radius 3 is 2.61 bits per heavy atom. The molecule has 1 saturated heterocycles. The van der Waals surface area contributed by atoms with Crippen LogP contribution < -0.4 is 5.73 Å². The minimum atomic E-state index is -2.94. The highest BCUT2D eigenvalue weighted by atomic mass is 32.2. The van der Waals surface area contributed by atoms with Gasteiger partial charge >= 0.3 is 0 Å². The Morgan fingerprint density at radius 1 is 1.39 bits per heavy atom. The molecule has 1 amide bonds. The molecule has 1 aliphatic heterocycles. The summed E-state index contributed by atoms with van der Waals surface area (Å²) in [5.41, 5.74) is 5.41. The average molecular weight is 276 g/mol. The number of amides is 1. The molecule has 1 atom stereocenters. The van der Waals surface area contributed by atoms with E-state index in [2.05, 4.69) is 6.92 Å². The van der Waals surface area contributed by atoms with Crippen molar-refractivity contribution in [2.45, 2.75) is 45.1 Å². The molecule has 0 aromatic rings. The van der Waals surface area contributed by atoms with Crippen molar-refractivity contribution in [1.82, 2.24) is 4.90 Å². The van der Waals surface area contributed by atoms with Crippen LogP contribution in [-0.4, -0.2) is 49.9 Å². The smallest absolute Gasteiger partial charge is 0.222 e. The Morgan fingerprint density at radius 2 is 2.11 bits per heavy atom. The van der Waals surface area contributed by atoms with Gasteiger partial charge in [0.2, 0.25) is 5.91 Å². The third-order valence-corrected chi connectivity index (χ3v) is 5.07. The van der Waals surface area contributed by atoms with Crippen LogP contribution in [0.3, 0.4) is 0 Å². The van der Waals surface area contributed by atoms with Crippen LogP contribution in [0.2, 0.25) is 0 Å². The summed E-state index contributed by atoms with van der Waals surface area (Å²) in [7, 11) is -2.94. The van der Waals surface area contributed by atoms with Crippen molar-refractivity contribution in [2.75, 3.05) is 24.6 Å². The van der Waals surface area contributed by atoms with Gasteiger partial charge in [-0.15, -0.1) is 0 Å². The number of hydrogen-bond donors (Lipinski definition) is 1. The summed E-state index contributed by atoms with van der Waals surface area (Å²) in [5.74, 6) is 0.395. The molecule has 0 aromatic heterocycles. The van der Waals surface area contributed by atoms with Gasteiger partial charge in [0.15, 0.2) is 9.84 Å². The number of sulfone groups is 1. The molecule has 6 heteroatoms. The molecule has 106 valence electrons. The Bertz CT molecular complexity index is 368. The number of unbranched alkanes of at least 4 members (excludes halogenated alkanes) is 1. The number of nitrogens with two attached hydrogens (primary N) is 1. The van der Waals surface area contributed by atoms with Gasteiger partial charge in [-0.1, -0.05) is 13.3 Å². The van der Waals surface area contributed by atoms with E-state index in [4.69, 9.17) is 5.73 Å². The maximum absolute atomic E-state index is 12.1. The first-order valence-corrected chi connectivity index (χ1v) is 8.52. The topological polar surface area (TPSA) is 80.5 Å². The van der Waals surface area contributed by atoms with Crippen molar-refractivity contribution in [3.63, 3.8) is 0 Å². The Balaban J connectivity index is 2.63. The number of hydrogen-bond acceptors (Lipinski definition) is 4. The van der Waals surface area contributed by atoms with Gasteiger partial charge in [0.25, 0.3) is 0 Å². The SMILES string of the molecule is CCCCN(C(=O)CCCN)C1CCS(=O)(=O)C1. The highest BCUT2D eigenvalue weighted by Gasteiger charge is 2.33. The lowest BCUT2D eigenvalue weighted by atomic mass is 10.1. The molecule has 5 nitrogen and oxygen atoms in total. The van der Waals surface area contributed by atoms with Crippen molar-refractivity contribution in [2.24, 2.45) is 5.73 Å². The molecule has 0 bridgehead atoms. The van der Waals surface area contributed by atoms with E-state index in [1.54, 1.807) is 4.90 Å². The summed E-state index contributed by atoms with van der Waals surface area (Å²) in [4.78, 5) is 13.8. The fourth-order valence-corrected chi connectivity index (χ4v) is 3.99. The maximum atomic E-state index is 12.1. The van der Waals surface area contributed by atoms with Crippen molar-refractivity contribution >= 4 is 15.7 Å². The zero-order valence-corrected chi connectivity index (χ0v) is 11.9. The fraction of sp³-hybridized carbons (Fsp3) is 0.917. The van der Waals surface area contributed by atoms with Crippen LogP contribution in [0.1, 0.15) is 39.0 Å². The molecule has 0 aromatic carbocycles. The van der Waals surface area contributed by atoms with E-state index < -0.39 is 9.84 Å². The Labute approximate surface area is 110 Å². The fourth-order valence-electron chi connectivity index (χ4n) is 2.26. The molecule has 0 spiro atoms. The maximum Gasteiger partial charge on any atom is 0.222 e. The minimum absolute atomic E-state index is 0.0519. The predicted molar refractivity (Wildman–Crippen MR) is 72.0 cm³/mol. The molecule has 1 rings (SSSR count). The molecule has 1 unspecified atom stereocenters. The van der Waals surface area contributed by atoms with Gasteiger partial charge in [0, 0.05) is 19.0 Å². The molecule has 0 saturated carbocycles. The summed E-state index contributed by atoms with van der Waals surface area (Å²) in [5, 5.41) is 0.